The van der Waals surface area contributed by atoms with Crippen LogP contribution >= 0.6 is 15.9 Å². The van der Waals surface area contributed by atoms with Gasteiger partial charge in [-0.15, -0.1) is 0 Å². The van der Waals surface area contributed by atoms with Gasteiger partial charge in [0.05, 0.1) is 0 Å². The Labute approximate surface area is 145 Å². The third kappa shape index (κ3) is 3.52. The Hall–Kier alpha value is -1.55. The third-order valence-corrected chi connectivity index (χ3v) is 4.90. The first-order valence-electron chi connectivity index (χ1n) is 8.14. The van der Waals surface area contributed by atoms with Crippen molar-refractivity contribution in [3.05, 3.63) is 41.5 Å². The molecule has 0 bridgehead atoms. The fourth-order valence-corrected chi connectivity index (χ4v) is 3.65. The molecule has 2 aliphatic rings. The number of hydrogen-bond donors (Lipinski definition) is 2. The Kier molecular flexibility index (Phi) is 5.55. The zero-order chi connectivity index (χ0) is 16.1. The molecule has 0 aliphatic carbocycles. The van der Waals surface area contributed by atoms with E-state index in [0.29, 0.717) is 11.7 Å². The molecular formula is C18H22BrN3O. The van der Waals surface area contributed by atoms with Crippen molar-refractivity contribution in [2.75, 3.05) is 30.3 Å². The topological polar surface area (TPSA) is 44.4 Å². The lowest BCUT2D eigenvalue weighted by molar-refractivity contribution is 0.247. The summed E-state index contributed by atoms with van der Waals surface area (Å²) in [4.78, 5) is 13.8. The second-order valence-electron chi connectivity index (χ2n) is 5.92. The monoisotopic (exact) mass is 375 g/mol. The molecule has 1 atom stereocenters. The fourth-order valence-electron chi connectivity index (χ4n) is 3.39. The van der Waals surface area contributed by atoms with Crippen LogP contribution in [0.25, 0.3) is 5.70 Å². The van der Waals surface area contributed by atoms with Crippen LogP contribution in [0.4, 0.5) is 5.69 Å². The Balaban J connectivity index is 1.82. The van der Waals surface area contributed by atoms with Crippen molar-refractivity contribution >= 4 is 33.3 Å². The number of hydrogen-bond acceptors (Lipinski definition) is 4. The average molecular weight is 376 g/mol. The van der Waals surface area contributed by atoms with Crippen molar-refractivity contribution in [1.82, 2.24) is 10.2 Å². The number of anilines is 1. The van der Waals surface area contributed by atoms with Gasteiger partial charge in [0.1, 0.15) is 5.70 Å². The van der Waals surface area contributed by atoms with Gasteiger partial charge in [-0.25, -0.2) is 4.79 Å². The number of carbonyl (C=O) groups excluding carboxylic acids is 1. The van der Waals surface area contributed by atoms with Crippen LogP contribution in [-0.4, -0.2) is 41.8 Å². The van der Waals surface area contributed by atoms with Crippen LogP contribution in [0, 0.1) is 0 Å². The van der Waals surface area contributed by atoms with E-state index in [2.05, 4.69) is 55.6 Å². The lowest BCUT2D eigenvalue weighted by Gasteiger charge is -2.32. The number of nitrogens with zero attached hydrogens (tertiary/aromatic N) is 1. The number of nitrogens with one attached hydrogen (secondary N) is 2. The first-order chi connectivity index (χ1) is 11.3. The van der Waals surface area contributed by atoms with Crippen molar-refractivity contribution in [3.63, 3.8) is 0 Å². The molecule has 0 spiro atoms. The van der Waals surface area contributed by atoms with E-state index in [0.717, 1.165) is 55.6 Å². The normalized spacial score (nSPS) is 20.7. The van der Waals surface area contributed by atoms with Gasteiger partial charge in [-0.3, -0.25) is 0 Å². The minimum Gasteiger partial charge on any atom is -0.381 e. The number of halogens is 1. The van der Waals surface area contributed by atoms with Crippen molar-refractivity contribution < 1.29 is 4.79 Å². The molecule has 4 nitrogen and oxygen atoms in total. The molecule has 122 valence electrons. The summed E-state index contributed by atoms with van der Waals surface area (Å²) in [6.07, 6.45) is 6.46. The summed E-state index contributed by atoms with van der Waals surface area (Å²) in [5, 5.41) is 7.75. The molecule has 1 aromatic carbocycles. The standard InChI is InChI=1S/C18H22BrN3O/c19-8-1-2-10-21-17-7-3-6-15-16(17)12-22(18(15)13-23)14-5-4-9-20-11-14/h1-3,6-7,14,20-21H,4-5,8-12H2/b2-1+. The van der Waals surface area contributed by atoms with Crippen molar-refractivity contribution in [1.29, 1.82) is 0 Å². The van der Waals surface area contributed by atoms with Gasteiger partial charge in [0.15, 0.2) is 5.94 Å². The smallest absolute Gasteiger partial charge is 0.151 e. The minimum absolute atomic E-state index is 0.383. The van der Waals surface area contributed by atoms with Crippen LogP contribution in [0.1, 0.15) is 24.0 Å². The zero-order valence-corrected chi connectivity index (χ0v) is 14.7. The summed E-state index contributed by atoms with van der Waals surface area (Å²) in [5.41, 5.74) is 4.07. The van der Waals surface area contributed by atoms with Gasteiger partial charge in [-0.05, 0) is 25.5 Å². The third-order valence-electron chi connectivity index (χ3n) is 4.52. The molecule has 1 unspecified atom stereocenters. The molecule has 1 fully saturated rings. The molecule has 0 radical (unpaired) electrons. The van der Waals surface area contributed by atoms with Gasteiger partial charge in [-0.1, -0.05) is 40.2 Å². The van der Waals surface area contributed by atoms with Crippen LogP contribution in [0.5, 0.6) is 0 Å². The van der Waals surface area contributed by atoms with Gasteiger partial charge >= 0.3 is 0 Å². The second-order valence-corrected chi connectivity index (χ2v) is 6.56. The molecule has 3 rings (SSSR count). The SMILES string of the molecule is O=C=C1c2cccc(NC/C=C/CBr)c2CN1C1CCCNC1. The average Bonchev–Trinajstić information content (AvgIpc) is 2.99. The molecule has 5 heteroatoms. The highest BCUT2D eigenvalue weighted by Gasteiger charge is 2.32. The van der Waals surface area contributed by atoms with Gasteiger partial charge in [0.25, 0.3) is 0 Å². The second kappa shape index (κ2) is 7.82. The molecule has 0 aromatic heterocycles. The lowest BCUT2D eigenvalue weighted by atomic mass is 10.1. The van der Waals surface area contributed by atoms with Crippen LogP contribution in [0.15, 0.2) is 30.4 Å². The fraction of sp³-hybridized carbons (Fsp3) is 0.444. The van der Waals surface area contributed by atoms with E-state index in [1.165, 1.54) is 5.56 Å². The highest BCUT2D eigenvalue weighted by Crippen LogP contribution is 2.37. The Bertz CT molecular complexity index is 631. The first kappa shape index (κ1) is 16.3. The van der Waals surface area contributed by atoms with Crippen molar-refractivity contribution in [2.45, 2.75) is 25.4 Å². The molecule has 0 amide bonds. The van der Waals surface area contributed by atoms with E-state index in [1.807, 2.05) is 12.1 Å². The number of fused-ring (bicyclic) bond motifs is 1. The number of benzene rings is 1. The summed E-state index contributed by atoms with van der Waals surface area (Å²) in [6, 6.07) is 6.51. The van der Waals surface area contributed by atoms with Crippen molar-refractivity contribution in [3.8, 4) is 0 Å². The maximum Gasteiger partial charge on any atom is 0.151 e. The van der Waals surface area contributed by atoms with Gasteiger partial charge in [0.2, 0.25) is 0 Å². The van der Waals surface area contributed by atoms with Crippen LogP contribution in [-0.2, 0) is 11.3 Å². The molecule has 23 heavy (non-hydrogen) atoms. The lowest BCUT2D eigenvalue weighted by Crippen LogP contribution is -2.43. The number of alkyl halides is 1. The molecule has 1 saturated heterocycles. The minimum atomic E-state index is 0.383. The predicted molar refractivity (Wildman–Crippen MR) is 98.4 cm³/mol. The molecule has 2 N–H and O–H groups in total. The quantitative estimate of drug-likeness (QED) is 0.471. The van der Waals surface area contributed by atoms with E-state index in [9.17, 15) is 4.79 Å². The highest BCUT2D eigenvalue weighted by atomic mass is 79.9. The predicted octanol–water partition coefficient (Wildman–Crippen LogP) is 2.79. The van der Waals surface area contributed by atoms with Gasteiger partial charge in [-0.2, -0.15) is 0 Å². The summed E-state index contributed by atoms with van der Waals surface area (Å²) in [6.45, 7) is 3.59. The van der Waals surface area contributed by atoms with Gasteiger partial charge in [0, 0.05) is 47.8 Å². The molecule has 0 saturated carbocycles. The first-order valence-corrected chi connectivity index (χ1v) is 9.27. The van der Waals surface area contributed by atoms with E-state index < -0.39 is 0 Å². The number of allylic oxidation sites excluding steroid dienone is 1. The summed E-state index contributed by atoms with van der Waals surface area (Å²) in [7, 11) is 0. The molecule has 1 aromatic rings. The maximum absolute atomic E-state index is 11.6. The summed E-state index contributed by atoms with van der Waals surface area (Å²) >= 11 is 3.38. The maximum atomic E-state index is 11.6. The van der Waals surface area contributed by atoms with E-state index in [-0.39, 0.29) is 0 Å². The van der Waals surface area contributed by atoms with Crippen molar-refractivity contribution in [2.24, 2.45) is 0 Å². The molecular weight excluding hydrogens is 354 g/mol. The highest BCUT2D eigenvalue weighted by molar-refractivity contribution is 9.09. The largest absolute Gasteiger partial charge is 0.381 e. The Morgan fingerprint density at radius 1 is 1.43 bits per heavy atom. The number of piperidine rings is 1. The summed E-state index contributed by atoms with van der Waals surface area (Å²) < 4.78 is 0. The van der Waals surface area contributed by atoms with Crippen LogP contribution in [0.2, 0.25) is 0 Å². The van der Waals surface area contributed by atoms with Crippen LogP contribution < -0.4 is 10.6 Å². The van der Waals surface area contributed by atoms with Gasteiger partial charge < -0.3 is 15.5 Å². The molecule has 2 heterocycles. The van der Waals surface area contributed by atoms with E-state index >= 15 is 0 Å². The zero-order valence-electron chi connectivity index (χ0n) is 13.1. The summed E-state index contributed by atoms with van der Waals surface area (Å²) in [5.74, 6) is 2.19. The van der Waals surface area contributed by atoms with E-state index in [1.54, 1.807) is 0 Å². The Morgan fingerprint density at radius 2 is 2.35 bits per heavy atom. The van der Waals surface area contributed by atoms with Crippen LogP contribution in [0.3, 0.4) is 0 Å². The number of rotatable bonds is 5. The van der Waals surface area contributed by atoms with E-state index in [4.69, 9.17) is 0 Å². The Morgan fingerprint density at radius 3 is 3.09 bits per heavy atom. The molecule has 2 aliphatic heterocycles.